The topological polar surface area (TPSA) is 67.4 Å². The number of carbonyl (C=O) groups excluding carboxylic acids is 2. The second-order valence-corrected chi connectivity index (χ2v) is 3.47. The van der Waals surface area contributed by atoms with E-state index in [9.17, 15) is 22.8 Å². The fourth-order valence-electron chi connectivity index (χ4n) is 1.26. The SMILES string of the molecule is C=C(OC(=O)C(F)(F)F)C(=O)N[C@H]1CCNC1. The van der Waals surface area contributed by atoms with Crippen LogP contribution in [0.25, 0.3) is 0 Å². The molecular formula is C9H11F3N2O3. The Bertz CT molecular complexity index is 335. The van der Waals surface area contributed by atoms with E-state index in [-0.39, 0.29) is 6.04 Å². The third-order valence-electron chi connectivity index (χ3n) is 2.10. The third-order valence-corrected chi connectivity index (χ3v) is 2.10. The highest BCUT2D eigenvalue weighted by atomic mass is 19.4. The van der Waals surface area contributed by atoms with E-state index in [2.05, 4.69) is 21.9 Å². The Kier molecular flexibility index (Phi) is 4.11. The number of hydrogen-bond donors (Lipinski definition) is 2. The summed E-state index contributed by atoms with van der Waals surface area (Å²) in [5, 5.41) is 5.34. The van der Waals surface area contributed by atoms with E-state index in [0.717, 1.165) is 0 Å². The largest absolute Gasteiger partial charge is 0.491 e. The lowest BCUT2D eigenvalue weighted by atomic mass is 10.2. The molecule has 2 N–H and O–H groups in total. The minimum atomic E-state index is -5.14. The lowest BCUT2D eigenvalue weighted by Gasteiger charge is -2.13. The molecule has 1 saturated heterocycles. The van der Waals surface area contributed by atoms with Crippen molar-refractivity contribution in [3.63, 3.8) is 0 Å². The maximum atomic E-state index is 11.8. The number of hydrogen-bond acceptors (Lipinski definition) is 4. The maximum absolute atomic E-state index is 11.8. The molecule has 0 saturated carbocycles. The number of alkyl halides is 3. The molecule has 0 unspecified atom stereocenters. The molecule has 1 amide bonds. The van der Waals surface area contributed by atoms with Gasteiger partial charge in [0.15, 0.2) is 5.76 Å². The zero-order valence-corrected chi connectivity index (χ0v) is 8.76. The number of carbonyl (C=O) groups is 2. The van der Waals surface area contributed by atoms with E-state index in [1.807, 2.05) is 0 Å². The number of rotatable bonds is 3. The standard InChI is InChI=1S/C9H11F3N2O3/c1-5(17-8(16)9(10,11)12)7(15)14-6-2-3-13-4-6/h6,13H,1-4H2,(H,14,15)/t6-/m0/s1. The van der Waals surface area contributed by atoms with Crippen LogP contribution < -0.4 is 10.6 Å². The van der Waals surface area contributed by atoms with Gasteiger partial charge in [-0.15, -0.1) is 0 Å². The van der Waals surface area contributed by atoms with E-state index in [4.69, 9.17) is 0 Å². The van der Waals surface area contributed by atoms with E-state index >= 15 is 0 Å². The monoisotopic (exact) mass is 252 g/mol. The van der Waals surface area contributed by atoms with Gasteiger partial charge >= 0.3 is 12.1 Å². The fourth-order valence-corrected chi connectivity index (χ4v) is 1.26. The molecular weight excluding hydrogens is 241 g/mol. The molecule has 0 aromatic heterocycles. The molecule has 1 atom stereocenters. The van der Waals surface area contributed by atoms with Gasteiger partial charge in [-0.3, -0.25) is 4.79 Å². The summed E-state index contributed by atoms with van der Waals surface area (Å²) in [5.41, 5.74) is 0. The summed E-state index contributed by atoms with van der Waals surface area (Å²) in [6.45, 7) is 4.20. The Labute approximate surface area is 95.0 Å². The van der Waals surface area contributed by atoms with Crippen LogP contribution >= 0.6 is 0 Å². The zero-order valence-electron chi connectivity index (χ0n) is 8.76. The normalized spacial score (nSPS) is 19.8. The highest BCUT2D eigenvalue weighted by Crippen LogP contribution is 2.18. The minimum absolute atomic E-state index is 0.191. The second-order valence-electron chi connectivity index (χ2n) is 3.47. The van der Waals surface area contributed by atoms with Crippen molar-refractivity contribution in [2.24, 2.45) is 0 Å². The first-order chi connectivity index (χ1) is 7.80. The molecule has 0 aliphatic carbocycles. The summed E-state index contributed by atoms with van der Waals surface area (Å²) < 4.78 is 39.3. The summed E-state index contributed by atoms with van der Waals surface area (Å²) in [4.78, 5) is 21.7. The molecule has 8 heteroatoms. The Hall–Kier alpha value is -1.57. The molecule has 0 aromatic rings. The van der Waals surface area contributed by atoms with E-state index in [0.29, 0.717) is 19.5 Å². The van der Waals surface area contributed by atoms with Gasteiger partial charge < -0.3 is 15.4 Å². The quantitative estimate of drug-likeness (QED) is 0.424. The Balaban J connectivity index is 2.41. The Morgan fingerprint density at radius 1 is 1.41 bits per heavy atom. The zero-order chi connectivity index (χ0) is 13.1. The molecule has 1 aliphatic rings. The van der Waals surface area contributed by atoms with Crippen molar-refractivity contribution in [2.45, 2.75) is 18.6 Å². The first kappa shape index (κ1) is 13.5. The van der Waals surface area contributed by atoms with E-state index in [1.54, 1.807) is 0 Å². The molecule has 0 aromatic carbocycles. The number of ether oxygens (including phenoxy) is 1. The van der Waals surface area contributed by atoms with Crippen molar-refractivity contribution in [1.29, 1.82) is 0 Å². The molecule has 1 aliphatic heterocycles. The second kappa shape index (κ2) is 5.17. The van der Waals surface area contributed by atoms with Gasteiger partial charge in [0.1, 0.15) is 0 Å². The van der Waals surface area contributed by atoms with Crippen LogP contribution in [0.1, 0.15) is 6.42 Å². The molecule has 0 radical (unpaired) electrons. The first-order valence-corrected chi connectivity index (χ1v) is 4.80. The summed E-state index contributed by atoms with van der Waals surface area (Å²) in [6.07, 6.45) is -4.48. The predicted molar refractivity (Wildman–Crippen MR) is 50.7 cm³/mol. The van der Waals surface area contributed by atoms with Crippen LogP contribution in [-0.2, 0) is 14.3 Å². The van der Waals surface area contributed by atoms with Gasteiger partial charge in [0.05, 0.1) is 0 Å². The van der Waals surface area contributed by atoms with Gasteiger partial charge in [-0.25, -0.2) is 4.79 Å². The number of nitrogens with one attached hydrogen (secondary N) is 2. The molecule has 0 spiro atoms. The van der Waals surface area contributed by atoms with Crippen molar-refractivity contribution in [3.05, 3.63) is 12.3 Å². The summed E-state index contributed by atoms with van der Waals surface area (Å²) in [6, 6.07) is -0.191. The summed E-state index contributed by atoms with van der Waals surface area (Å²) >= 11 is 0. The van der Waals surface area contributed by atoms with Crippen molar-refractivity contribution in [1.82, 2.24) is 10.6 Å². The molecule has 17 heavy (non-hydrogen) atoms. The van der Waals surface area contributed by atoms with Crippen LogP contribution in [-0.4, -0.2) is 37.2 Å². The summed E-state index contributed by atoms with van der Waals surface area (Å²) in [7, 11) is 0. The van der Waals surface area contributed by atoms with Gasteiger partial charge in [0.2, 0.25) is 0 Å². The van der Waals surface area contributed by atoms with Gasteiger partial charge in [-0.05, 0) is 13.0 Å². The van der Waals surface area contributed by atoms with Crippen LogP contribution in [0.15, 0.2) is 12.3 Å². The molecule has 1 rings (SSSR count). The van der Waals surface area contributed by atoms with Crippen molar-refractivity contribution < 1.29 is 27.5 Å². The highest BCUT2D eigenvalue weighted by molar-refractivity contribution is 5.94. The average Bonchev–Trinajstić information content (AvgIpc) is 2.68. The smallest absolute Gasteiger partial charge is 0.415 e. The van der Waals surface area contributed by atoms with Gasteiger partial charge in [-0.1, -0.05) is 6.58 Å². The lowest BCUT2D eigenvalue weighted by molar-refractivity contribution is -0.195. The number of amides is 1. The number of halogens is 3. The lowest BCUT2D eigenvalue weighted by Crippen LogP contribution is -2.38. The Morgan fingerprint density at radius 2 is 2.06 bits per heavy atom. The van der Waals surface area contributed by atoms with Crippen molar-refractivity contribution in [3.8, 4) is 0 Å². The first-order valence-electron chi connectivity index (χ1n) is 4.80. The van der Waals surface area contributed by atoms with Gasteiger partial charge in [-0.2, -0.15) is 13.2 Å². The van der Waals surface area contributed by atoms with Crippen LogP contribution in [0.5, 0.6) is 0 Å². The van der Waals surface area contributed by atoms with Gasteiger partial charge in [0.25, 0.3) is 5.91 Å². The summed E-state index contributed by atoms with van der Waals surface area (Å²) in [5.74, 6) is -4.24. The van der Waals surface area contributed by atoms with Crippen molar-refractivity contribution >= 4 is 11.9 Å². The molecule has 1 heterocycles. The maximum Gasteiger partial charge on any atom is 0.491 e. The minimum Gasteiger partial charge on any atom is -0.415 e. The molecule has 5 nitrogen and oxygen atoms in total. The van der Waals surface area contributed by atoms with Crippen molar-refractivity contribution in [2.75, 3.05) is 13.1 Å². The number of esters is 1. The molecule has 1 fully saturated rings. The van der Waals surface area contributed by atoms with Gasteiger partial charge in [0, 0.05) is 12.6 Å². The fraction of sp³-hybridized carbons (Fsp3) is 0.556. The Morgan fingerprint density at radius 3 is 2.53 bits per heavy atom. The third kappa shape index (κ3) is 4.06. The molecule has 0 bridgehead atoms. The van der Waals surface area contributed by atoms with Crippen LogP contribution in [0.4, 0.5) is 13.2 Å². The van der Waals surface area contributed by atoms with Crippen LogP contribution in [0.3, 0.4) is 0 Å². The highest BCUT2D eigenvalue weighted by Gasteiger charge is 2.42. The molecule has 96 valence electrons. The van der Waals surface area contributed by atoms with E-state index < -0.39 is 23.8 Å². The predicted octanol–water partition coefficient (Wildman–Crippen LogP) is 0.0837. The van der Waals surface area contributed by atoms with Crippen LogP contribution in [0.2, 0.25) is 0 Å². The average molecular weight is 252 g/mol. The van der Waals surface area contributed by atoms with Crippen LogP contribution in [0, 0.1) is 0 Å². The van der Waals surface area contributed by atoms with E-state index in [1.165, 1.54) is 0 Å².